The Morgan fingerprint density at radius 3 is 2.58 bits per heavy atom. The maximum absolute atomic E-state index is 8.36. The zero-order chi connectivity index (χ0) is 9.40. The van der Waals surface area contributed by atoms with Crippen LogP contribution in [0.2, 0.25) is 0 Å². The van der Waals surface area contributed by atoms with Crippen molar-refractivity contribution in [3.05, 3.63) is 22.9 Å². The van der Waals surface area contributed by atoms with Gasteiger partial charge in [0.25, 0.3) is 6.47 Å². The standard InChI is InChI=1S/C6H6BrNO.CH2O2/c1-9-6-2-5(7)3-8-4-6;2-1-3/h2-4H,1H3;1H,(H,2,3). The quantitative estimate of drug-likeness (QED) is 0.749. The van der Waals surface area contributed by atoms with E-state index in [1.807, 2.05) is 6.07 Å². The summed E-state index contributed by atoms with van der Waals surface area (Å²) in [5.41, 5.74) is 0. The van der Waals surface area contributed by atoms with E-state index in [0.717, 1.165) is 10.2 Å². The zero-order valence-corrected chi connectivity index (χ0v) is 7.98. The van der Waals surface area contributed by atoms with Crippen molar-refractivity contribution in [3.63, 3.8) is 0 Å². The predicted molar refractivity (Wildman–Crippen MR) is 47.2 cm³/mol. The van der Waals surface area contributed by atoms with Crippen molar-refractivity contribution >= 4 is 22.4 Å². The second kappa shape index (κ2) is 6.60. The molecule has 1 N–H and O–H groups in total. The van der Waals surface area contributed by atoms with Crippen LogP contribution in [0.25, 0.3) is 0 Å². The van der Waals surface area contributed by atoms with Crippen molar-refractivity contribution in [1.82, 2.24) is 4.98 Å². The molecule has 0 amide bonds. The molecule has 0 aliphatic heterocycles. The third-order valence-corrected chi connectivity index (χ3v) is 1.35. The van der Waals surface area contributed by atoms with Crippen molar-refractivity contribution in [1.29, 1.82) is 0 Å². The second-order valence-corrected chi connectivity index (χ2v) is 2.56. The SMILES string of the molecule is COc1cncc(Br)c1.O=CO. The lowest BCUT2D eigenvalue weighted by Crippen LogP contribution is -1.82. The van der Waals surface area contributed by atoms with Crippen LogP contribution < -0.4 is 4.74 Å². The van der Waals surface area contributed by atoms with E-state index >= 15 is 0 Å². The fourth-order valence-electron chi connectivity index (χ4n) is 0.504. The van der Waals surface area contributed by atoms with Crippen LogP contribution in [-0.4, -0.2) is 23.7 Å². The molecule has 1 aromatic heterocycles. The summed E-state index contributed by atoms with van der Waals surface area (Å²) in [5.74, 6) is 0.768. The summed E-state index contributed by atoms with van der Waals surface area (Å²) in [6.07, 6.45) is 3.37. The first-order chi connectivity index (χ1) is 5.74. The summed E-state index contributed by atoms with van der Waals surface area (Å²) in [6.45, 7) is -0.250. The molecule has 66 valence electrons. The minimum Gasteiger partial charge on any atom is -0.495 e. The van der Waals surface area contributed by atoms with Gasteiger partial charge in [-0.25, -0.2) is 0 Å². The van der Waals surface area contributed by atoms with Gasteiger partial charge in [0.15, 0.2) is 0 Å². The first-order valence-electron chi connectivity index (χ1n) is 2.97. The Morgan fingerprint density at radius 1 is 1.67 bits per heavy atom. The van der Waals surface area contributed by atoms with Gasteiger partial charge < -0.3 is 9.84 Å². The Labute approximate surface area is 78.3 Å². The highest BCUT2D eigenvalue weighted by Crippen LogP contribution is 2.14. The monoisotopic (exact) mass is 233 g/mol. The van der Waals surface area contributed by atoms with Crippen molar-refractivity contribution in [2.45, 2.75) is 0 Å². The van der Waals surface area contributed by atoms with Gasteiger partial charge in [-0.15, -0.1) is 0 Å². The number of nitrogens with zero attached hydrogens (tertiary/aromatic N) is 1. The molecule has 0 saturated heterocycles. The molecule has 12 heavy (non-hydrogen) atoms. The average molecular weight is 234 g/mol. The molecule has 0 spiro atoms. The minimum absolute atomic E-state index is 0.250. The van der Waals surface area contributed by atoms with Gasteiger partial charge in [0.1, 0.15) is 5.75 Å². The third-order valence-electron chi connectivity index (χ3n) is 0.915. The topological polar surface area (TPSA) is 59.4 Å². The molecular formula is C7H8BrNO3. The Bertz CT molecular complexity index is 242. The second-order valence-electron chi connectivity index (χ2n) is 1.65. The number of hydrogen-bond donors (Lipinski definition) is 1. The zero-order valence-electron chi connectivity index (χ0n) is 6.40. The van der Waals surface area contributed by atoms with Crippen molar-refractivity contribution in [2.75, 3.05) is 7.11 Å². The predicted octanol–water partition coefficient (Wildman–Crippen LogP) is 1.55. The molecule has 0 aliphatic carbocycles. The molecule has 0 saturated carbocycles. The number of methoxy groups -OCH3 is 1. The highest BCUT2D eigenvalue weighted by molar-refractivity contribution is 9.10. The van der Waals surface area contributed by atoms with E-state index < -0.39 is 0 Å². The Hall–Kier alpha value is -1.10. The molecule has 0 unspecified atom stereocenters. The van der Waals surface area contributed by atoms with E-state index in [4.69, 9.17) is 14.6 Å². The third kappa shape index (κ3) is 4.68. The number of carboxylic acid groups (broad SMARTS) is 1. The van der Waals surface area contributed by atoms with E-state index in [0.29, 0.717) is 0 Å². The summed E-state index contributed by atoms with van der Waals surface area (Å²) in [7, 11) is 1.61. The van der Waals surface area contributed by atoms with E-state index in [-0.39, 0.29) is 6.47 Å². The molecule has 0 radical (unpaired) electrons. The van der Waals surface area contributed by atoms with Crippen LogP contribution in [0, 0.1) is 0 Å². The summed E-state index contributed by atoms with van der Waals surface area (Å²) in [4.78, 5) is 12.2. The highest BCUT2D eigenvalue weighted by atomic mass is 79.9. The van der Waals surface area contributed by atoms with Crippen LogP contribution >= 0.6 is 15.9 Å². The molecule has 0 atom stereocenters. The first-order valence-corrected chi connectivity index (χ1v) is 3.76. The van der Waals surface area contributed by atoms with Gasteiger partial charge in [-0.2, -0.15) is 0 Å². The van der Waals surface area contributed by atoms with E-state index in [1.165, 1.54) is 0 Å². The molecule has 4 nitrogen and oxygen atoms in total. The van der Waals surface area contributed by atoms with Crippen molar-refractivity contribution in [2.24, 2.45) is 0 Å². The lowest BCUT2D eigenvalue weighted by Gasteiger charge is -1.96. The summed E-state index contributed by atoms with van der Waals surface area (Å²) < 4.78 is 5.83. The molecule has 1 rings (SSSR count). The normalized spacial score (nSPS) is 7.83. The molecule has 0 aliphatic rings. The van der Waals surface area contributed by atoms with Crippen LogP contribution in [-0.2, 0) is 4.79 Å². The highest BCUT2D eigenvalue weighted by Gasteiger charge is 1.89. The van der Waals surface area contributed by atoms with Crippen LogP contribution in [0.1, 0.15) is 0 Å². The average Bonchev–Trinajstić information content (AvgIpc) is 2.06. The van der Waals surface area contributed by atoms with Crippen LogP contribution in [0.15, 0.2) is 22.9 Å². The Morgan fingerprint density at radius 2 is 2.25 bits per heavy atom. The molecule has 5 heteroatoms. The minimum atomic E-state index is -0.250. The van der Waals surface area contributed by atoms with Crippen LogP contribution in [0.3, 0.4) is 0 Å². The number of pyridine rings is 1. The van der Waals surface area contributed by atoms with Crippen LogP contribution in [0.4, 0.5) is 0 Å². The number of hydrogen-bond acceptors (Lipinski definition) is 3. The van der Waals surface area contributed by atoms with Gasteiger partial charge in [-0.1, -0.05) is 0 Å². The fourth-order valence-corrected chi connectivity index (χ4v) is 0.848. The fraction of sp³-hybridized carbons (Fsp3) is 0.143. The summed E-state index contributed by atoms with van der Waals surface area (Å²) in [6, 6.07) is 1.85. The molecule has 1 aromatic rings. The van der Waals surface area contributed by atoms with E-state index in [2.05, 4.69) is 20.9 Å². The molecule has 1 heterocycles. The van der Waals surface area contributed by atoms with Crippen molar-refractivity contribution in [3.8, 4) is 5.75 Å². The number of halogens is 1. The number of aromatic nitrogens is 1. The molecule has 0 bridgehead atoms. The number of ether oxygens (including phenoxy) is 1. The Balaban J connectivity index is 0.000000354. The van der Waals surface area contributed by atoms with Gasteiger partial charge >= 0.3 is 0 Å². The molecule has 0 fully saturated rings. The summed E-state index contributed by atoms with van der Waals surface area (Å²) in [5, 5.41) is 6.89. The van der Waals surface area contributed by atoms with Gasteiger partial charge in [0.2, 0.25) is 0 Å². The molecular weight excluding hydrogens is 226 g/mol. The van der Waals surface area contributed by atoms with E-state index in [9.17, 15) is 0 Å². The maximum Gasteiger partial charge on any atom is 0.290 e. The summed E-state index contributed by atoms with van der Waals surface area (Å²) >= 11 is 3.26. The lowest BCUT2D eigenvalue weighted by molar-refractivity contribution is -0.122. The van der Waals surface area contributed by atoms with Crippen LogP contribution in [0.5, 0.6) is 5.75 Å². The van der Waals surface area contributed by atoms with E-state index in [1.54, 1.807) is 19.5 Å². The largest absolute Gasteiger partial charge is 0.495 e. The molecule has 0 aromatic carbocycles. The van der Waals surface area contributed by atoms with Crippen molar-refractivity contribution < 1.29 is 14.6 Å². The first kappa shape index (κ1) is 10.9. The number of rotatable bonds is 1. The maximum atomic E-state index is 8.36. The van der Waals surface area contributed by atoms with Gasteiger partial charge in [-0.3, -0.25) is 9.78 Å². The lowest BCUT2D eigenvalue weighted by atomic mass is 10.5. The van der Waals surface area contributed by atoms with Gasteiger partial charge in [0.05, 0.1) is 13.3 Å². The van der Waals surface area contributed by atoms with Gasteiger partial charge in [-0.05, 0) is 22.0 Å². The Kier molecular flexibility index (Phi) is 6.00. The smallest absolute Gasteiger partial charge is 0.290 e. The number of carbonyl (C=O) groups is 1. The van der Waals surface area contributed by atoms with Gasteiger partial charge in [0, 0.05) is 10.7 Å².